The number of unbranched alkanes of at least 4 members (excludes halogenated alkanes) is 17. The Balaban J connectivity index is 1.80. The smallest absolute Gasteiger partial charge is 0.306 e. The molecule has 14 heteroatoms. The van der Waals surface area contributed by atoms with Gasteiger partial charge in [0.15, 0.2) is 12.6 Å². The van der Waals surface area contributed by atoms with E-state index < -0.39 is 86.7 Å². The fourth-order valence-electron chi connectivity index (χ4n) is 7.37. The minimum atomic E-state index is -1.71. The van der Waals surface area contributed by atoms with Gasteiger partial charge in [-0.1, -0.05) is 121 Å². The molecule has 62 heavy (non-hydrogen) atoms. The second-order valence-electron chi connectivity index (χ2n) is 16.9. The van der Waals surface area contributed by atoms with Crippen LogP contribution < -0.4 is 0 Å². The van der Waals surface area contributed by atoms with Gasteiger partial charge < -0.3 is 64.2 Å². The van der Waals surface area contributed by atoms with Crippen LogP contribution in [0.2, 0.25) is 0 Å². The van der Waals surface area contributed by atoms with Gasteiger partial charge in [0.1, 0.15) is 54.9 Å². The standard InChI is InChI=1S/C48H86O14/c1-3-5-7-9-11-13-15-17-18-19-20-22-24-26-28-30-32-57-34-37(60-40(50)31-29-27-25-23-21-16-14-12-10-8-6-4-2)35-58-47-46(56)44(54)42(52)39(62-47)36-59-48-45(55)43(53)41(51)38(33-49)61-48/h11-14,17-18,37-39,41-49,51-56H,3-10,15-16,19-36H2,1-2H3/b13-11-,14-12-,18-17-. The maximum Gasteiger partial charge on any atom is 0.306 e. The maximum absolute atomic E-state index is 12.9. The van der Waals surface area contributed by atoms with Crippen molar-refractivity contribution in [3.05, 3.63) is 36.5 Å². The summed E-state index contributed by atoms with van der Waals surface area (Å²) in [7, 11) is 0. The van der Waals surface area contributed by atoms with Crippen molar-refractivity contribution < 1.29 is 69.0 Å². The van der Waals surface area contributed by atoms with E-state index in [1.165, 1.54) is 57.8 Å². The quantitative estimate of drug-likeness (QED) is 0.0209. The average Bonchev–Trinajstić information content (AvgIpc) is 3.27. The molecule has 0 amide bonds. The fraction of sp³-hybridized carbons (Fsp3) is 0.854. The molecule has 2 aliphatic rings. The summed E-state index contributed by atoms with van der Waals surface area (Å²) in [6.45, 7) is 3.59. The molecule has 0 spiro atoms. The largest absolute Gasteiger partial charge is 0.457 e. The number of hydrogen-bond acceptors (Lipinski definition) is 14. The SMILES string of the molecule is CCCCC/C=C\C/C=C\CCCCCCCCOCC(COC1OC(COC2OC(CO)C(O)C(O)C2O)C(O)C(O)C1O)OC(=O)CCCCCCC/C=C\CCCCC. The third-order valence-electron chi connectivity index (χ3n) is 11.4. The minimum absolute atomic E-state index is 0.0512. The van der Waals surface area contributed by atoms with Crippen molar-refractivity contribution in [2.75, 3.05) is 33.0 Å². The van der Waals surface area contributed by atoms with Gasteiger partial charge in [-0.05, 0) is 70.6 Å². The van der Waals surface area contributed by atoms with Crippen LogP contribution in [0.4, 0.5) is 0 Å². The molecule has 0 aromatic rings. The molecule has 2 fully saturated rings. The Morgan fingerprint density at radius 3 is 1.56 bits per heavy atom. The minimum Gasteiger partial charge on any atom is -0.457 e. The highest BCUT2D eigenvalue weighted by atomic mass is 16.7. The van der Waals surface area contributed by atoms with E-state index in [4.69, 9.17) is 28.4 Å². The molecule has 11 unspecified atom stereocenters. The molecule has 7 N–H and O–H groups in total. The van der Waals surface area contributed by atoms with E-state index in [9.17, 15) is 40.5 Å². The van der Waals surface area contributed by atoms with E-state index in [2.05, 4.69) is 50.3 Å². The van der Waals surface area contributed by atoms with Crippen LogP contribution in [0.15, 0.2) is 36.5 Å². The third-order valence-corrected chi connectivity index (χ3v) is 11.4. The lowest BCUT2D eigenvalue weighted by Crippen LogP contribution is -2.61. The Bertz CT molecular complexity index is 1170. The zero-order chi connectivity index (χ0) is 45.2. The van der Waals surface area contributed by atoms with E-state index in [1.54, 1.807) is 0 Å². The van der Waals surface area contributed by atoms with Crippen LogP contribution in [0.3, 0.4) is 0 Å². The molecule has 2 aliphatic heterocycles. The number of hydrogen-bond donors (Lipinski definition) is 7. The van der Waals surface area contributed by atoms with Crippen LogP contribution in [-0.2, 0) is 33.2 Å². The number of ether oxygens (including phenoxy) is 6. The first-order valence-electron chi connectivity index (χ1n) is 24.1. The number of carbonyl (C=O) groups is 1. The maximum atomic E-state index is 12.9. The van der Waals surface area contributed by atoms with E-state index in [-0.39, 0.29) is 19.6 Å². The molecule has 0 aromatic carbocycles. The summed E-state index contributed by atoms with van der Waals surface area (Å²) in [6.07, 6.45) is 22.1. The summed E-state index contributed by atoms with van der Waals surface area (Å²) in [4.78, 5) is 12.9. The summed E-state index contributed by atoms with van der Waals surface area (Å²) in [5.41, 5.74) is 0. The van der Waals surface area contributed by atoms with Gasteiger partial charge in [-0.3, -0.25) is 4.79 Å². The number of aliphatic hydroxyl groups excluding tert-OH is 7. The fourth-order valence-corrected chi connectivity index (χ4v) is 7.37. The summed E-state index contributed by atoms with van der Waals surface area (Å²) in [6, 6.07) is 0. The molecule has 362 valence electrons. The lowest BCUT2D eigenvalue weighted by molar-refractivity contribution is -0.332. The summed E-state index contributed by atoms with van der Waals surface area (Å²) < 4.78 is 34.2. The van der Waals surface area contributed by atoms with Crippen molar-refractivity contribution in [2.45, 2.75) is 229 Å². The first kappa shape index (κ1) is 56.3. The van der Waals surface area contributed by atoms with Crippen molar-refractivity contribution in [3.8, 4) is 0 Å². The van der Waals surface area contributed by atoms with Gasteiger partial charge >= 0.3 is 5.97 Å². The second-order valence-corrected chi connectivity index (χ2v) is 16.9. The van der Waals surface area contributed by atoms with Gasteiger partial charge in [-0.2, -0.15) is 0 Å². The van der Waals surface area contributed by atoms with E-state index >= 15 is 0 Å². The van der Waals surface area contributed by atoms with Crippen LogP contribution in [0, 0.1) is 0 Å². The Hall–Kier alpha value is -1.79. The Labute approximate surface area is 372 Å². The van der Waals surface area contributed by atoms with Gasteiger partial charge in [-0.15, -0.1) is 0 Å². The molecule has 2 heterocycles. The van der Waals surface area contributed by atoms with Crippen molar-refractivity contribution in [3.63, 3.8) is 0 Å². The monoisotopic (exact) mass is 887 g/mol. The van der Waals surface area contributed by atoms with E-state index in [0.29, 0.717) is 13.0 Å². The molecule has 0 bridgehead atoms. The third kappa shape index (κ3) is 24.5. The van der Waals surface area contributed by atoms with Crippen molar-refractivity contribution >= 4 is 5.97 Å². The van der Waals surface area contributed by atoms with Gasteiger partial charge in [0.25, 0.3) is 0 Å². The highest BCUT2D eigenvalue weighted by molar-refractivity contribution is 5.69. The summed E-state index contributed by atoms with van der Waals surface area (Å²) in [5.74, 6) is -0.391. The summed E-state index contributed by atoms with van der Waals surface area (Å²) in [5, 5.41) is 72.0. The van der Waals surface area contributed by atoms with Crippen LogP contribution in [-0.4, -0.2) is 142 Å². The predicted octanol–water partition coefficient (Wildman–Crippen LogP) is 6.24. The van der Waals surface area contributed by atoms with Crippen LogP contribution in [0.25, 0.3) is 0 Å². The number of aliphatic hydroxyl groups is 7. The first-order chi connectivity index (χ1) is 30.1. The normalized spacial score (nSPS) is 27.5. The molecule has 2 rings (SSSR count). The molecule has 0 aliphatic carbocycles. The molecule has 0 radical (unpaired) electrons. The van der Waals surface area contributed by atoms with E-state index in [0.717, 1.165) is 77.0 Å². The van der Waals surface area contributed by atoms with Gasteiger partial charge in [0.05, 0.1) is 26.4 Å². The molecule has 2 saturated heterocycles. The zero-order valence-electron chi connectivity index (χ0n) is 38.1. The molecular weight excluding hydrogens is 801 g/mol. The first-order valence-corrected chi connectivity index (χ1v) is 24.1. The average molecular weight is 887 g/mol. The van der Waals surface area contributed by atoms with Crippen molar-refractivity contribution in [1.29, 1.82) is 0 Å². The number of carbonyl (C=O) groups excluding carboxylic acids is 1. The molecule has 0 saturated carbocycles. The lowest BCUT2D eigenvalue weighted by Gasteiger charge is -2.42. The van der Waals surface area contributed by atoms with Gasteiger partial charge in [0, 0.05) is 13.0 Å². The number of allylic oxidation sites excluding steroid dienone is 6. The topological polar surface area (TPSA) is 214 Å². The molecule has 0 aromatic heterocycles. The Morgan fingerprint density at radius 2 is 1.00 bits per heavy atom. The predicted molar refractivity (Wildman–Crippen MR) is 238 cm³/mol. The lowest BCUT2D eigenvalue weighted by atomic mass is 9.98. The van der Waals surface area contributed by atoms with Crippen LogP contribution in [0.1, 0.15) is 162 Å². The van der Waals surface area contributed by atoms with Gasteiger partial charge in [-0.25, -0.2) is 0 Å². The highest BCUT2D eigenvalue weighted by Crippen LogP contribution is 2.26. The zero-order valence-corrected chi connectivity index (χ0v) is 38.1. The molecule has 11 atom stereocenters. The second kappa shape index (κ2) is 36.4. The van der Waals surface area contributed by atoms with Gasteiger partial charge in [0.2, 0.25) is 0 Å². The van der Waals surface area contributed by atoms with Crippen LogP contribution in [0.5, 0.6) is 0 Å². The van der Waals surface area contributed by atoms with Crippen molar-refractivity contribution in [2.24, 2.45) is 0 Å². The molecular formula is C48H86O14. The number of rotatable bonds is 37. The number of esters is 1. The van der Waals surface area contributed by atoms with E-state index in [1.807, 2.05) is 0 Å². The highest BCUT2D eigenvalue weighted by Gasteiger charge is 2.47. The molecule has 14 nitrogen and oxygen atoms in total. The van der Waals surface area contributed by atoms with Crippen LogP contribution >= 0.6 is 0 Å². The summed E-state index contributed by atoms with van der Waals surface area (Å²) >= 11 is 0. The Morgan fingerprint density at radius 1 is 0.532 bits per heavy atom. The Kier molecular flexibility index (Phi) is 33.1. The van der Waals surface area contributed by atoms with Crippen molar-refractivity contribution in [1.82, 2.24) is 0 Å².